The number of alkyl halides is 6. The summed E-state index contributed by atoms with van der Waals surface area (Å²) in [5, 5.41) is 11.8. The number of carboxylic acid groups (broad SMARTS) is 1. The van der Waals surface area contributed by atoms with Crippen LogP contribution in [0.2, 0.25) is 5.02 Å². The third kappa shape index (κ3) is 7.97. The summed E-state index contributed by atoms with van der Waals surface area (Å²) in [4.78, 5) is 50.5. The fourth-order valence-corrected chi connectivity index (χ4v) is 3.46. The highest BCUT2D eigenvalue weighted by Gasteiger charge is 2.42. The Morgan fingerprint density at radius 2 is 1.17 bits per heavy atom. The van der Waals surface area contributed by atoms with Crippen LogP contribution < -0.4 is 5.32 Å². The molecule has 0 fully saturated rings. The Morgan fingerprint density at radius 1 is 0.707 bits per heavy atom. The molecule has 2 atom stereocenters. The van der Waals surface area contributed by atoms with E-state index >= 15 is 0 Å². The normalized spacial score (nSPS) is 13.0. The van der Waals surface area contributed by atoms with Crippen LogP contribution in [0.1, 0.15) is 31.8 Å². The topological polar surface area (TPSA) is 119 Å². The SMILES string of the molecule is O=C(O[C@H](C(=O)Nc1ccccc1Cl)[C@@H](OC(=O)c1cccc(C(F)(F)F)c1)C(=O)O)c1cccc(C(F)(F)F)c1. The lowest BCUT2D eigenvalue weighted by Gasteiger charge is -2.24. The molecule has 3 aromatic rings. The molecule has 0 aliphatic heterocycles. The average molecular weight is 604 g/mol. The fourth-order valence-electron chi connectivity index (χ4n) is 3.27. The van der Waals surface area contributed by atoms with Gasteiger partial charge in [-0.15, -0.1) is 0 Å². The van der Waals surface area contributed by atoms with Crippen molar-refractivity contribution < 1.29 is 60.1 Å². The number of aliphatic carboxylic acids is 1. The van der Waals surface area contributed by atoms with E-state index in [-0.39, 0.29) is 10.7 Å². The lowest BCUT2D eigenvalue weighted by Crippen LogP contribution is -2.48. The standard InChI is InChI=1S/C26H16ClF6NO7/c27-17-9-1-2-10-18(17)34-21(35)19(40-23(38)13-5-3-7-15(11-13)25(28,29)30)20(22(36)37)41-24(39)14-6-4-8-16(12-14)26(31,32)33/h1-12,19-20H,(H,34,35)(H,36,37)/t19-,20+/m0/s1. The van der Waals surface area contributed by atoms with E-state index in [2.05, 4.69) is 5.32 Å². The predicted octanol–water partition coefficient (Wildman–Crippen LogP) is 5.85. The van der Waals surface area contributed by atoms with Gasteiger partial charge in [0.1, 0.15) is 0 Å². The van der Waals surface area contributed by atoms with E-state index < -0.39 is 70.6 Å². The second-order valence-electron chi connectivity index (χ2n) is 8.12. The highest BCUT2D eigenvalue weighted by Crippen LogP contribution is 2.31. The summed E-state index contributed by atoms with van der Waals surface area (Å²) in [7, 11) is 0. The average Bonchev–Trinajstić information content (AvgIpc) is 2.90. The van der Waals surface area contributed by atoms with E-state index in [0.717, 1.165) is 24.3 Å². The van der Waals surface area contributed by atoms with Crippen molar-refractivity contribution in [1.82, 2.24) is 0 Å². The number of anilines is 1. The minimum absolute atomic E-state index is 0.0587. The first kappa shape index (κ1) is 30.9. The van der Waals surface area contributed by atoms with E-state index in [1.807, 2.05) is 0 Å². The number of esters is 2. The smallest absolute Gasteiger partial charge is 0.416 e. The lowest BCUT2D eigenvalue weighted by molar-refractivity contribution is -0.157. The Hall–Kier alpha value is -4.59. The number of carbonyl (C=O) groups excluding carboxylic acids is 3. The molecule has 3 rings (SSSR count). The molecule has 15 heteroatoms. The highest BCUT2D eigenvalue weighted by molar-refractivity contribution is 6.33. The van der Waals surface area contributed by atoms with Gasteiger partial charge in [-0.2, -0.15) is 26.3 Å². The Kier molecular flexibility index (Phi) is 9.28. The summed E-state index contributed by atoms with van der Waals surface area (Å²) in [5.74, 6) is -6.78. The molecule has 0 aliphatic rings. The van der Waals surface area contributed by atoms with E-state index in [1.165, 1.54) is 24.3 Å². The van der Waals surface area contributed by atoms with Crippen LogP contribution in [0.5, 0.6) is 0 Å². The second-order valence-corrected chi connectivity index (χ2v) is 8.52. The minimum Gasteiger partial charge on any atom is -0.478 e. The molecule has 216 valence electrons. The highest BCUT2D eigenvalue weighted by atomic mass is 35.5. The van der Waals surface area contributed by atoms with Gasteiger partial charge in [-0.3, -0.25) is 4.79 Å². The number of benzene rings is 3. The molecular formula is C26H16ClF6NO7. The van der Waals surface area contributed by atoms with Crippen LogP contribution in [-0.4, -0.2) is 41.1 Å². The number of halogens is 7. The van der Waals surface area contributed by atoms with Gasteiger partial charge in [0, 0.05) is 0 Å². The Labute approximate surface area is 231 Å². The quantitative estimate of drug-likeness (QED) is 0.245. The summed E-state index contributed by atoms with van der Waals surface area (Å²) in [6.45, 7) is 0. The number of carboxylic acids is 1. The lowest BCUT2D eigenvalue weighted by atomic mass is 10.1. The van der Waals surface area contributed by atoms with Crippen LogP contribution in [0.4, 0.5) is 32.0 Å². The number of carbonyl (C=O) groups is 4. The zero-order valence-corrected chi connectivity index (χ0v) is 20.9. The van der Waals surface area contributed by atoms with E-state index in [0.29, 0.717) is 24.3 Å². The van der Waals surface area contributed by atoms with Crippen molar-refractivity contribution in [2.75, 3.05) is 5.32 Å². The van der Waals surface area contributed by atoms with Gasteiger partial charge in [-0.05, 0) is 48.5 Å². The van der Waals surface area contributed by atoms with Gasteiger partial charge < -0.3 is 19.9 Å². The van der Waals surface area contributed by atoms with Gasteiger partial charge >= 0.3 is 30.3 Å². The van der Waals surface area contributed by atoms with Gasteiger partial charge in [0.2, 0.25) is 12.2 Å². The maximum Gasteiger partial charge on any atom is 0.416 e. The molecule has 0 spiro atoms. The summed E-state index contributed by atoms with van der Waals surface area (Å²) in [5.41, 5.74) is -4.17. The van der Waals surface area contributed by atoms with Crippen LogP contribution in [0.3, 0.4) is 0 Å². The minimum atomic E-state index is -4.87. The molecule has 0 aromatic heterocycles. The number of ether oxygens (including phenoxy) is 2. The third-order valence-corrected chi connectivity index (χ3v) is 5.56. The van der Waals surface area contributed by atoms with Gasteiger partial charge in [-0.1, -0.05) is 35.9 Å². The summed E-state index contributed by atoms with van der Waals surface area (Å²) in [6.07, 6.45) is -15.0. The van der Waals surface area contributed by atoms with Gasteiger partial charge in [-0.25, -0.2) is 14.4 Å². The van der Waals surface area contributed by atoms with Crippen LogP contribution >= 0.6 is 11.6 Å². The monoisotopic (exact) mass is 603 g/mol. The molecule has 0 bridgehead atoms. The molecule has 0 heterocycles. The molecule has 1 amide bonds. The number of hydrogen-bond acceptors (Lipinski definition) is 6. The molecule has 3 aromatic carbocycles. The first-order valence-electron chi connectivity index (χ1n) is 11.1. The first-order valence-corrected chi connectivity index (χ1v) is 11.5. The van der Waals surface area contributed by atoms with Gasteiger partial charge in [0.05, 0.1) is 33.0 Å². The fraction of sp³-hybridized carbons (Fsp3) is 0.154. The van der Waals surface area contributed by atoms with Crippen LogP contribution in [-0.2, 0) is 31.4 Å². The van der Waals surface area contributed by atoms with Crippen LogP contribution in [0, 0.1) is 0 Å². The molecule has 0 radical (unpaired) electrons. The molecule has 0 saturated heterocycles. The number of hydrogen-bond donors (Lipinski definition) is 2. The maximum atomic E-state index is 13.1. The van der Waals surface area contributed by atoms with Crippen molar-refractivity contribution in [3.63, 3.8) is 0 Å². The number of amides is 1. The summed E-state index contributed by atoms with van der Waals surface area (Å²) in [6, 6.07) is 10.9. The first-order chi connectivity index (χ1) is 19.1. The number of rotatable bonds is 8. The molecule has 0 saturated carbocycles. The van der Waals surface area contributed by atoms with Crippen LogP contribution in [0.25, 0.3) is 0 Å². The van der Waals surface area contributed by atoms with Gasteiger partial charge in [0.15, 0.2) is 0 Å². The predicted molar refractivity (Wildman–Crippen MR) is 129 cm³/mol. The van der Waals surface area contributed by atoms with Crippen molar-refractivity contribution in [1.29, 1.82) is 0 Å². The Bertz CT molecular complexity index is 1470. The van der Waals surface area contributed by atoms with Gasteiger partial charge in [0.25, 0.3) is 5.91 Å². The van der Waals surface area contributed by atoms with Crippen molar-refractivity contribution in [2.45, 2.75) is 24.6 Å². The van der Waals surface area contributed by atoms with Crippen molar-refractivity contribution in [2.24, 2.45) is 0 Å². The maximum absolute atomic E-state index is 13.1. The second kappa shape index (κ2) is 12.3. The zero-order chi connectivity index (χ0) is 30.5. The summed E-state index contributed by atoms with van der Waals surface area (Å²) < 4.78 is 88.2. The van der Waals surface area contributed by atoms with Crippen LogP contribution in [0.15, 0.2) is 72.8 Å². The van der Waals surface area contributed by atoms with E-state index in [1.54, 1.807) is 0 Å². The third-order valence-electron chi connectivity index (χ3n) is 5.23. The molecule has 8 nitrogen and oxygen atoms in total. The summed E-state index contributed by atoms with van der Waals surface area (Å²) >= 11 is 5.97. The van der Waals surface area contributed by atoms with Crippen molar-refractivity contribution >= 4 is 41.1 Å². The van der Waals surface area contributed by atoms with E-state index in [4.69, 9.17) is 21.1 Å². The molecule has 2 N–H and O–H groups in total. The number of nitrogens with one attached hydrogen (secondary N) is 1. The number of para-hydroxylation sites is 1. The molecular weight excluding hydrogens is 588 g/mol. The molecule has 0 aliphatic carbocycles. The Morgan fingerprint density at radius 3 is 1.61 bits per heavy atom. The van der Waals surface area contributed by atoms with Crippen molar-refractivity contribution in [3.8, 4) is 0 Å². The zero-order valence-electron chi connectivity index (χ0n) is 20.1. The van der Waals surface area contributed by atoms with Crippen molar-refractivity contribution in [3.05, 3.63) is 100 Å². The Balaban J connectivity index is 1.98. The molecule has 41 heavy (non-hydrogen) atoms. The molecule has 0 unspecified atom stereocenters. The van der Waals surface area contributed by atoms with E-state index in [9.17, 15) is 50.6 Å². The largest absolute Gasteiger partial charge is 0.478 e.